The molecular weight excluding hydrogens is 396 g/mol. The molecule has 8 nitrogen and oxygen atoms in total. The van der Waals surface area contributed by atoms with Crippen LogP contribution in [0.1, 0.15) is 32.9 Å². The Balaban J connectivity index is 1.75. The van der Waals surface area contributed by atoms with E-state index in [4.69, 9.17) is 20.8 Å². The van der Waals surface area contributed by atoms with Crippen LogP contribution >= 0.6 is 11.6 Å². The van der Waals surface area contributed by atoms with Gasteiger partial charge < -0.3 is 19.0 Å². The number of aromatic nitrogens is 2. The molecule has 0 aliphatic carbocycles. The molecule has 0 radical (unpaired) electrons. The Kier molecular flexibility index (Phi) is 6.00. The van der Waals surface area contributed by atoms with Crippen LogP contribution in [0.2, 0.25) is 5.15 Å². The maximum absolute atomic E-state index is 12.4. The molecule has 9 heteroatoms. The molecule has 0 saturated carbocycles. The van der Waals surface area contributed by atoms with Gasteiger partial charge in [0.15, 0.2) is 6.61 Å². The largest absolute Gasteiger partial charge is 0.467 e. The predicted octanol–water partition coefficient (Wildman–Crippen LogP) is 3.46. The summed E-state index contributed by atoms with van der Waals surface area (Å²) in [6.45, 7) is 3.47. The van der Waals surface area contributed by atoms with Gasteiger partial charge >= 0.3 is 5.97 Å². The van der Waals surface area contributed by atoms with Crippen molar-refractivity contribution in [2.24, 2.45) is 0 Å². The molecule has 3 heterocycles. The van der Waals surface area contributed by atoms with E-state index >= 15 is 0 Å². The van der Waals surface area contributed by atoms with Crippen molar-refractivity contribution in [3.8, 4) is 6.07 Å². The van der Waals surface area contributed by atoms with Crippen LogP contribution in [0.3, 0.4) is 0 Å². The highest BCUT2D eigenvalue weighted by Gasteiger charge is 2.21. The highest BCUT2D eigenvalue weighted by atomic mass is 35.5. The monoisotopic (exact) mass is 412 g/mol. The summed E-state index contributed by atoms with van der Waals surface area (Å²) >= 11 is 5.75. The number of halogens is 1. The van der Waals surface area contributed by atoms with Gasteiger partial charge in [-0.15, -0.1) is 0 Å². The number of furan rings is 1. The lowest BCUT2D eigenvalue weighted by molar-refractivity contribution is -0.119. The molecule has 148 valence electrons. The number of anilines is 1. The van der Waals surface area contributed by atoms with Crippen LogP contribution in [-0.4, -0.2) is 28.0 Å². The molecule has 0 aromatic carbocycles. The van der Waals surface area contributed by atoms with E-state index in [2.05, 4.69) is 16.4 Å². The van der Waals surface area contributed by atoms with Crippen molar-refractivity contribution in [3.63, 3.8) is 0 Å². The van der Waals surface area contributed by atoms with Crippen molar-refractivity contribution in [2.75, 3.05) is 11.9 Å². The van der Waals surface area contributed by atoms with Gasteiger partial charge in [0.05, 0.1) is 23.9 Å². The average molecular weight is 413 g/mol. The number of hydrogen-bond acceptors (Lipinski definition) is 6. The maximum atomic E-state index is 12.4. The van der Waals surface area contributed by atoms with Crippen LogP contribution in [0, 0.1) is 25.2 Å². The Hall–Kier alpha value is -3.57. The minimum absolute atomic E-state index is 0.143. The highest BCUT2D eigenvalue weighted by Crippen LogP contribution is 2.27. The summed E-state index contributed by atoms with van der Waals surface area (Å²) in [5, 5.41) is 12.3. The molecule has 0 fully saturated rings. The topological polar surface area (TPSA) is 110 Å². The van der Waals surface area contributed by atoms with E-state index in [-0.39, 0.29) is 10.7 Å². The Morgan fingerprint density at radius 3 is 2.83 bits per heavy atom. The fraction of sp³-hybridized carbons (Fsp3) is 0.200. The van der Waals surface area contributed by atoms with Crippen molar-refractivity contribution >= 4 is 29.3 Å². The minimum Gasteiger partial charge on any atom is -0.467 e. The summed E-state index contributed by atoms with van der Waals surface area (Å²) in [5.41, 5.74) is 2.09. The van der Waals surface area contributed by atoms with Crippen molar-refractivity contribution in [3.05, 3.63) is 70.0 Å². The number of carbonyl (C=O) groups is 2. The summed E-state index contributed by atoms with van der Waals surface area (Å²) in [4.78, 5) is 28.2. The van der Waals surface area contributed by atoms with Crippen LogP contribution in [0.25, 0.3) is 0 Å². The lowest BCUT2D eigenvalue weighted by atomic mass is 10.2. The number of rotatable bonds is 6. The smallest absolute Gasteiger partial charge is 0.338 e. The van der Waals surface area contributed by atoms with Crippen LogP contribution in [0.5, 0.6) is 0 Å². The van der Waals surface area contributed by atoms with E-state index in [9.17, 15) is 14.9 Å². The van der Waals surface area contributed by atoms with Gasteiger partial charge in [-0.2, -0.15) is 5.26 Å². The molecule has 1 N–H and O–H groups in total. The normalized spacial score (nSPS) is 10.4. The zero-order valence-corrected chi connectivity index (χ0v) is 16.5. The Morgan fingerprint density at radius 1 is 1.38 bits per heavy atom. The molecule has 0 unspecified atom stereocenters. The van der Waals surface area contributed by atoms with Gasteiger partial charge in [0.1, 0.15) is 22.8 Å². The van der Waals surface area contributed by atoms with E-state index in [1.165, 1.54) is 18.3 Å². The molecule has 0 aliphatic rings. The average Bonchev–Trinajstić information content (AvgIpc) is 3.29. The third kappa shape index (κ3) is 4.47. The molecular formula is C20H17ClN4O4. The first kappa shape index (κ1) is 20.2. The molecule has 1 amide bonds. The number of carbonyl (C=O) groups excluding carboxylic acids is 2. The number of nitrogens with one attached hydrogen (secondary N) is 1. The van der Waals surface area contributed by atoms with Gasteiger partial charge in [0.25, 0.3) is 5.91 Å². The van der Waals surface area contributed by atoms with E-state index in [1.54, 1.807) is 29.9 Å². The van der Waals surface area contributed by atoms with Gasteiger partial charge in [0, 0.05) is 11.9 Å². The molecule has 29 heavy (non-hydrogen) atoms. The van der Waals surface area contributed by atoms with E-state index in [0.717, 1.165) is 11.3 Å². The summed E-state index contributed by atoms with van der Waals surface area (Å²) in [6.07, 6.45) is 2.92. The number of nitriles is 1. The first-order chi connectivity index (χ1) is 13.9. The number of esters is 1. The molecule has 0 atom stereocenters. The number of ether oxygens (including phenoxy) is 1. The second-order valence-corrected chi connectivity index (χ2v) is 6.59. The number of amides is 1. The lowest BCUT2D eigenvalue weighted by Crippen LogP contribution is -2.23. The zero-order chi connectivity index (χ0) is 21.0. The zero-order valence-electron chi connectivity index (χ0n) is 15.7. The fourth-order valence-corrected chi connectivity index (χ4v) is 2.97. The number of pyridine rings is 1. The fourth-order valence-electron chi connectivity index (χ4n) is 2.80. The first-order valence-electron chi connectivity index (χ1n) is 8.61. The van der Waals surface area contributed by atoms with Gasteiger partial charge in [0.2, 0.25) is 0 Å². The standard InChI is InChI=1S/C20H17ClN4O4/c1-12-13(2)25(10-15-4-3-7-28-15)19(16(12)9-22)24-18(26)11-29-20(27)14-5-6-23-17(21)8-14/h3-8H,10-11H2,1-2H3,(H,24,26). The lowest BCUT2D eigenvalue weighted by Gasteiger charge is -2.12. The third-order valence-electron chi connectivity index (χ3n) is 4.39. The maximum Gasteiger partial charge on any atom is 0.338 e. The summed E-state index contributed by atoms with van der Waals surface area (Å²) in [7, 11) is 0. The third-order valence-corrected chi connectivity index (χ3v) is 4.60. The second-order valence-electron chi connectivity index (χ2n) is 6.20. The summed E-state index contributed by atoms with van der Waals surface area (Å²) in [6, 6.07) is 8.45. The summed E-state index contributed by atoms with van der Waals surface area (Å²) in [5.74, 6) is -0.285. The first-order valence-corrected chi connectivity index (χ1v) is 8.99. The van der Waals surface area contributed by atoms with Crippen LogP contribution < -0.4 is 5.32 Å². The second kappa shape index (κ2) is 8.63. The van der Waals surface area contributed by atoms with Crippen LogP contribution in [0.15, 0.2) is 41.1 Å². The van der Waals surface area contributed by atoms with Crippen molar-refractivity contribution in [2.45, 2.75) is 20.4 Å². The SMILES string of the molecule is Cc1c(C#N)c(NC(=O)COC(=O)c2ccnc(Cl)c2)n(Cc2ccco2)c1C. The summed E-state index contributed by atoms with van der Waals surface area (Å²) < 4.78 is 12.2. The molecule has 0 saturated heterocycles. The molecule has 3 aromatic heterocycles. The quantitative estimate of drug-likeness (QED) is 0.490. The van der Waals surface area contributed by atoms with Gasteiger partial charge in [-0.05, 0) is 43.7 Å². The molecule has 0 aliphatic heterocycles. The van der Waals surface area contributed by atoms with Gasteiger partial charge in [-0.25, -0.2) is 9.78 Å². The number of hydrogen-bond donors (Lipinski definition) is 1. The minimum atomic E-state index is -0.705. The number of nitrogens with zero attached hydrogens (tertiary/aromatic N) is 3. The van der Waals surface area contributed by atoms with E-state index in [1.807, 2.05) is 6.92 Å². The van der Waals surface area contributed by atoms with E-state index < -0.39 is 18.5 Å². The van der Waals surface area contributed by atoms with Gasteiger partial charge in [-0.1, -0.05) is 11.6 Å². The van der Waals surface area contributed by atoms with Crippen molar-refractivity contribution in [1.29, 1.82) is 5.26 Å². The van der Waals surface area contributed by atoms with Crippen molar-refractivity contribution < 1.29 is 18.7 Å². The molecule has 3 aromatic rings. The van der Waals surface area contributed by atoms with Gasteiger partial charge in [-0.3, -0.25) is 4.79 Å². The van der Waals surface area contributed by atoms with Crippen LogP contribution in [-0.2, 0) is 16.1 Å². The molecule has 0 spiro atoms. The Labute approximate surface area is 171 Å². The molecule has 3 rings (SSSR count). The molecule has 0 bridgehead atoms. The highest BCUT2D eigenvalue weighted by molar-refractivity contribution is 6.29. The Bertz CT molecular complexity index is 1100. The van der Waals surface area contributed by atoms with Crippen molar-refractivity contribution in [1.82, 2.24) is 9.55 Å². The van der Waals surface area contributed by atoms with E-state index in [0.29, 0.717) is 23.7 Å². The van der Waals surface area contributed by atoms with Crippen LogP contribution in [0.4, 0.5) is 5.82 Å². The Morgan fingerprint density at radius 2 is 2.17 bits per heavy atom. The predicted molar refractivity (Wildman–Crippen MR) is 105 cm³/mol.